The molecule has 2 amide bonds. The molecule has 1 aliphatic rings. The van der Waals surface area contributed by atoms with Gasteiger partial charge in [-0.25, -0.2) is 0 Å². The van der Waals surface area contributed by atoms with Crippen molar-refractivity contribution in [2.24, 2.45) is 0 Å². The largest absolute Gasteiger partial charge is 0.337 e. The van der Waals surface area contributed by atoms with E-state index in [0.717, 1.165) is 66.8 Å². The molecule has 0 radical (unpaired) electrons. The number of aromatic amines is 1. The Morgan fingerprint density at radius 2 is 1.78 bits per heavy atom. The Kier molecular flexibility index (Phi) is 9.54. The van der Waals surface area contributed by atoms with Crippen molar-refractivity contribution in [1.82, 2.24) is 25.0 Å². The summed E-state index contributed by atoms with van der Waals surface area (Å²) in [5, 5.41) is 6.87. The van der Waals surface area contributed by atoms with E-state index >= 15 is 0 Å². The fraction of sp³-hybridized carbons (Fsp3) is 0.333. The number of rotatable bonds is 7. The van der Waals surface area contributed by atoms with Crippen molar-refractivity contribution in [3.05, 3.63) is 102 Å². The minimum absolute atomic E-state index is 0.00669. The lowest BCUT2D eigenvalue weighted by Gasteiger charge is -2.28. The lowest BCUT2D eigenvalue weighted by molar-refractivity contribution is -0.132. The number of fused-ring (bicyclic) bond motifs is 1. The second-order valence-electron chi connectivity index (χ2n) is 10.6. The summed E-state index contributed by atoms with van der Waals surface area (Å²) in [5.74, 6) is 0.131. The number of hydrogen-bond donors (Lipinski definition) is 1. The average Bonchev–Trinajstić information content (AvgIpc) is 3.50. The first-order chi connectivity index (χ1) is 20.1. The summed E-state index contributed by atoms with van der Waals surface area (Å²) < 4.78 is 0. The molecule has 5 rings (SSSR count). The highest BCUT2D eigenvalue weighted by Gasteiger charge is 2.23. The molecular formula is C33H38N6O2. The zero-order chi connectivity index (χ0) is 28.4. The highest BCUT2D eigenvalue weighted by Crippen LogP contribution is 2.30. The van der Waals surface area contributed by atoms with Crippen LogP contribution in [0.2, 0.25) is 0 Å². The van der Waals surface area contributed by atoms with Crippen LogP contribution in [-0.4, -0.2) is 63.0 Å². The van der Waals surface area contributed by atoms with Crippen molar-refractivity contribution < 1.29 is 9.59 Å². The maximum absolute atomic E-state index is 13.7. The molecule has 212 valence electrons. The van der Waals surface area contributed by atoms with Crippen molar-refractivity contribution in [1.29, 1.82) is 0 Å². The molecule has 0 fully saturated rings. The first-order valence-electron chi connectivity index (χ1n) is 14.4. The third kappa shape index (κ3) is 7.67. The van der Waals surface area contributed by atoms with Gasteiger partial charge in [0, 0.05) is 76.9 Å². The van der Waals surface area contributed by atoms with Crippen LogP contribution < -0.4 is 4.90 Å². The summed E-state index contributed by atoms with van der Waals surface area (Å²) in [4.78, 5) is 37.2. The van der Waals surface area contributed by atoms with Gasteiger partial charge in [0.1, 0.15) is 0 Å². The lowest BCUT2D eigenvalue weighted by Crippen LogP contribution is -2.38. The number of aryl methyl sites for hydroxylation is 1. The van der Waals surface area contributed by atoms with Crippen LogP contribution >= 0.6 is 0 Å². The molecule has 1 N–H and O–H groups in total. The van der Waals surface area contributed by atoms with Crippen LogP contribution in [-0.2, 0) is 29.1 Å². The number of hydrogen-bond acceptors (Lipinski definition) is 5. The molecule has 0 spiro atoms. The molecule has 41 heavy (non-hydrogen) atoms. The number of nitrogens with one attached hydrogen (secondary N) is 1. The van der Waals surface area contributed by atoms with Crippen LogP contribution in [0.25, 0.3) is 11.1 Å². The summed E-state index contributed by atoms with van der Waals surface area (Å²) in [7, 11) is 0. The first kappa shape index (κ1) is 28.2. The Labute approximate surface area is 242 Å². The number of carbonyl (C=O) groups is 2. The van der Waals surface area contributed by atoms with Crippen LogP contribution in [0.15, 0.2) is 85.5 Å². The Hall–Kier alpha value is -4.30. The number of anilines is 1. The molecule has 0 atom stereocenters. The molecule has 0 unspecified atom stereocenters. The average molecular weight is 551 g/mol. The van der Waals surface area contributed by atoms with Crippen LogP contribution in [0.5, 0.6) is 0 Å². The standard InChI is InChI=1S/C33H38N6O2/c1-26(40)39-17-7-16-37(24-27-8-3-2-4-9-27)18-19-38(33(41)12-5-10-28-21-35-36-22-28)25-31-20-29(13-14-32(31)39)30-11-6-15-34-23-30/h2-4,6,8-9,11,13-15,20-23H,5,7,10,12,16-19,24-25H2,1H3,(H,35,36). The van der Waals surface area contributed by atoms with Gasteiger partial charge in [0.25, 0.3) is 0 Å². The number of carbonyl (C=O) groups excluding carboxylic acids is 2. The third-order valence-corrected chi connectivity index (χ3v) is 7.66. The van der Waals surface area contributed by atoms with Gasteiger partial charge in [-0.15, -0.1) is 0 Å². The molecule has 0 saturated heterocycles. The fourth-order valence-corrected chi connectivity index (χ4v) is 5.48. The van der Waals surface area contributed by atoms with E-state index in [1.807, 2.05) is 58.7 Å². The normalized spacial score (nSPS) is 14.8. The highest BCUT2D eigenvalue weighted by molar-refractivity contribution is 5.93. The summed E-state index contributed by atoms with van der Waals surface area (Å²) in [5.41, 5.74) is 6.22. The number of amides is 2. The maximum atomic E-state index is 13.7. The van der Waals surface area contributed by atoms with Crippen molar-refractivity contribution in [2.75, 3.05) is 31.1 Å². The molecular weight excluding hydrogens is 512 g/mol. The molecule has 8 nitrogen and oxygen atoms in total. The van der Waals surface area contributed by atoms with E-state index < -0.39 is 0 Å². The molecule has 4 aromatic rings. The van der Waals surface area contributed by atoms with E-state index in [1.165, 1.54) is 5.56 Å². The summed E-state index contributed by atoms with van der Waals surface area (Å²) in [6, 6.07) is 20.6. The third-order valence-electron chi connectivity index (χ3n) is 7.66. The van der Waals surface area contributed by atoms with E-state index in [0.29, 0.717) is 26.1 Å². The quantitative estimate of drug-likeness (QED) is 0.347. The Balaban J connectivity index is 1.44. The second-order valence-corrected chi connectivity index (χ2v) is 10.6. The predicted molar refractivity (Wildman–Crippen MR) is 161 cm³/mol. The van der Waals surface area contributed by atoms with Crippen molar-refractivity contribution in [3.8, 4) is 11.1 Å². The predicted octanol–water partition coefficient (Wildman–Crippen LogP) is 5.08. The monoisotopic (exact) mass is 550 g/mol. The second kappa shape index (κ2) is 13.9. The zero-order valence-electron chi connectivity index (χ0n) is 23.7. The van der Waals surface area contributed by atoms with Gasteiger partial charge in [0.2, 0.25) is 11.8 Å². The van der Waals surface area contributed by atoms with Gasteiger partial charge in [0.15, 0.2) is 0 Å². The van der Waals surface area contributed by atoms with Crippen molar-refractivity contribution >= 4 is 17.5 Å². The van der Waals surface area contributed by atoms with Gasteiger partial charge in [-0.05, 0) is 65.3 Å². The summed E-state index contributed by atoms with van der Waals surface area (Å²) in [6.45, 7) is 5.72. The number of pyridine rings is 1. The van der Waals surface area contributed by atoms with Gasteiger partial charge in [-0.3, -0.25) is 24.6 Å². The van der Waals surface area contributed by atoms with E-state index in [9.17, 15) is 9.59 Å². The molecule has 0 bridgehead atoms. The topological polar surface area (TPSA) is 85.4 Å². The Bertz CT molecular complexity index is 1410. The smallest absolute Gasteiger partial charge is 0.223 e. The Morgan fingerprint density at radius 3 is 2.54 bits per heavy atom. The van der Waals surface area contributed by atoms with Gasteiger partial charge in [-0.2, -0.15) is 5.10 Å². The first-order valence-corrected chi connectivity index (χ1v) is 14.4. The molecule has 8 heteroatoms. The molecule has 1 aliphatic heterocycles. The fourth-order valence-electron chi connectivity index (χ4n) is 5.48. The number of nitrogens with zero attached hydrogens (tertiary/aromatic N) is 5. The van der Waals surface area contributed by atoms with Gasteiger partial charge < -0.3 is 9.80 Å². The summed E-state index contributed by atoms with van der Waals surface area (Å²) in [6.07, 6.45) is 10.2. The molecule has 2 aromatic heterocycles. The number of H-pyrrole nitrogens is 1. The minimum Gasteiger partial charge on any atom is -0.337 e. The zero-order valence-corrected chi connectivity index (χ0v) is 23.7. The molecule has 0 saturated carbocycles. The highest BCUT2D eigenvalue weighted by atomic mass is 16.2. The van der Waals surface area contributed by atoms with E-state index in [4.69, 9.17) is 0 Å². The number of aromatic nitrogens is 3. The SMILES string of the molecule is CC(=O)N1CCCN(Cc2ccccc2)CCN(C(=O)CCCc2cn[nH]c2)Cc2cc(-c3cccnc3)ccc21. The van der Waals surface area contributed by atoms with Crippen molar-refractivity contribution in [2.45, 2.75) is 45.7 Å². The van der Waals surface area contributed by atoms with Gasteiger partial charge in [0.05, 0.1) is 6.20 Å². The van der Waals surface area contributed by atoms with E-state index in [-0.39, 0.29) is 11.8 Å². The van der Waals surface area contributed by atoms with E-state index in [2.05, 4.69) is 50.4 Å². The van der Waals surface area contributed by atoms with Gasteiger partial charge >= 0.3 is 0 Å². The molecule has 0 aliphatic carbocycles. The number of benzene rings is 2. The van der Waals surface area contributed by atoms with Crippen LogP contribution in [0, 0.1) is 0 Å². The summed E-state index contributed by atoms with van der Waals surface area (Å²) >= 11 is 0. The van der Waals surface area contributed by atoms with Crippen LogP contribution in [0.4, 0.5) is 5.69 Å². The Morgan fingerprint density at radius 1 is 0.902 bits per heavy atom. The molecule has 2 aromatic carbocycles. The lowest BCUT2D eigenvalue weighted by atomic mass is 10.0. The molecule has 3 heterocycles. The van der Waals surface area contributed by atoms with E-state index in [1.54, 1.807) is 13.1 Å². The maximum Gasteiger partial charge on any atom is 0.223 e. The van der Waals surface area contributed by atoms with Crippen molar-refractivity contribution in [3.63, 3.8) is 0 Å². The van der Waals surface area contributed by atoms with Gasteiger partial charge in [-0.1, -0.05) is 42.5 Å². The van der Waals surface area contributed by atoms with Crippen LogP contribution in [0.3, 0.4) is 0 Å². The van der Waals surface area contributed by atoms with Crippen LogP contribution in [0.1, 0.15) is 42.9 Å². The minimum atomic E-state index is 0.00669.